The van der Waals surface area contributed by atoms with Crippen LogP contribution in [0.1, 0.15) is 226 Å². The van der Waals surface area contributed by atoms with Gasteiger partial charge >= 0.3 is 19.8 Å². The minimum Gasteiger partial charge on any atom is -0.480 e. The molecule has 3 atom stereocenters. The van der Waals surface area contributed by atoms with Crippen LogP contribution in [-0.4, -0.2) is 60.5 Å². The van der Waals surface area contributed by atoms with Crippen LogP contribution in [0.15, 0.2) is 48.6 Å². The number of carboxylic acid groups (broad SMARTS) is 1. The maximum Gasteiger partial charge on any atom is 0.472 e. The van der Waals surface area contributed by atoms with Gasteiger partial charge in [0.2, 0.25) is 0 Å². The molecule has 0 aliphatic rings. The summed E-state index contributed by atoms with van der Waals surface area (Å²) in [7, 11) is -4.62. The molecule has 0 aromatic carbocycles. The molecule has 0 aliphatic carbocycles. The maximum atomic E-state index is 12.7. The zero-order valence-electron chi connectivity index (χ0n) is 39.7. The van der Waals surface area contributed by atoms with E-state index in [4.69, 9.17) is 29.4 Å². The second-order valence-corrected chi connectivity index (χ2v) is 18.4. The number of allylic oxidation sites excluding steroid dienone is 8. The zero-order valence-corrected chi connectivity index (χ0v) is 40.6. The van der Waals surface area contributed by atoms with E-state index in [9.17, 15) is 19.0 Å². The highest BCUT2D eigenvalue weighted by molar-refractivity contribution is 7.47. The molecule has 0 fully saturated rings. The molecular weight excluding hydrogens is 802 g/mol. The van der Waals surface area contributed by atoms with Gasteiger partial charge in [0.25, 0.3) is 0 Å². The monoisotopic (exact) mass is 896 g/mol. The third-order valence-electron chi connectivity index (χ3n) is 10.8. The number of rotatable bonds is 48. The first-order chi connectivity index (χ1) is 30.2. The van der Waals surface area contributed by atoms with Crippen molar-refractivity contribution in [3.8, 4) is 0 Å². The molecule has 0 bridgehead atoms. The largest absolute Gasteiger partial charge is 0.480 e. The van der Waals surface area contributed by atoms with Crippen molar-refractivity contribution in [1.29, 1.82) is 0 Å². The number of hydrogen-bond donors (Lipinski definition) is 3. The second kappa shape index (κ2) is 46.9. The first-order valence-electron chi connectivity index (χ1n) is 25.2. The Morgan fingerprint density at radius 3 is 1.34 bits per heavy atom. The van der Waals surface area contributed by atoms with Crippen molar-refractivity contribution in [3.63, 3.8) is 0 Å². The third-order valence-corrected chi connectivity index (χ3v) is 11.8. The van der Waals surface area contributed by atoms with Gasteiger partial charge in [-0.3, -0.25) is 18.6 Å². The third kappa shape index (κ3) is 45.9. The summed E-state index contributed by atoms with van der Waals surface area (Å²) in [6.45, 7) is 3.86. The van der Waals surface area contributed by atoms with Crippen molar-refractivity contribution in [2.45, 2.75) is 238 Å². The fraction of sp³-hybridized carbons (Fsp3) is 0.804. The fourth-order valence-electron chi connectivity index (χ4n) is 6.90. The number of aliphatic carboxylic acids is 1. The molecule has 0 aromatic rings. The summed E-state index contributed by atoms with van der Waals surface area (Å²) in [6, 6.07) is -1.48. The highest BCUT2D eigenvalue weighted by Gasteiger charge is 2.27. The Balaban J connectivity index is 4.15. The highest BCUT2D eigenvalue weighted by Crippen LogP contribution is 2.43. The van der Waals surface area contributed by atoms with Crippen LogP contribution in [0.25, 0.3) is 0 Å². The van der Waals surface area contributed by atoms with Crippen molar-refractivity contribution in [1.82, 2.24) is 0 Å². The normalized spacial score (nSPS) is 14.1. The lowest BCUT2D eigenvalue weighted by atomic mass is 10.1. The molecular formula is C51H94NO9P. The van der Waals surface area contributed by atoms with Crippen molar-refractivity contribution in [3.05, 3.63) is 48.6 Å². The van der Waals surface area contributed by atoms with E-state index in [1.165, 1.54) is 128 Å². The summed E-state index contributed by atoms with van der Waals surface area (Å²) >= 11 is 0. The van der Waals surface area contributed by atoms with Gasteiger partial charge in [-0.15, -0.1) is 0 Å². The van der Waals surface area contributed by atoms with Gasteiger partial charge in [0, 0.05) is 13.0 Å². The summed E-state index contributed by atoms with van der Waals surface area (Å²) < 4.78 is 33.5. The van der Waals surface area contributed by atoms with Crippen molar-refractivity contribution >= 4 is 19.8 Å². The van der Waals surface area contributed by atoms with Gasteiger partial charge in [-0.1, -0.05) is 191 Å². The Hall–Kier alpha value is -2.07. The summed E-state index contributed by atoms with van der Waals surface area (Å²) in [4.78, 5) is 33.6. The molecule has 0 rings (SSSR count). The van der Waals surface area contributed by atoms with Gasteiger partial charge in [-0.2, -0.15) is 0 Å². The molecule has 11 heteroatoms. The van der Waals surface area contributed by atoms with Gasteiger partial charge < -0.3 is 25.2 Å². The lowest BCUT2D eigenvalue weighted by Crippen LogP contribution is -2.34. The molecule has 62 heavy (non-hydrogen) atoms. The second-order valence-electron chi connectivity index (χ2n) is 16.9. The van der Waals surface area contributed by atoms with E-state index in [2.05, 4.69) is 62.5 Å². The molecule has 3 unspecified atom stereocenters. The summed E-state index contributed by atoms with van der Waals surface area (Å²) in [5, 5.41) is 8.92. The van der Waals surface area contributed by atoms with Crippen LogP contribution >= 0.6 is 7.82 Å². The summed E-state index contributed by atoms with van der Waals surface area (Å²) in [5.41, 5.74) is 5.37. The summed E-state index contributed by atoms with van der Waals surface area (Å²) in [6.07, 6.45) is 55.9. The zero-order chi connectivity index (χ0) is 45.5. The number of esters is 1. The molecule has 0 saturated heterocycles. The first-order valence-corrected chi connectivity index (χ1v) is 26.7. The van der Waals surface area contributed by atoms with E-state index in [-0.39, 0.29) is 13.0 Å². The van der Waals surface area contributed by atoms with Crippen LogP contribution in [-0.2, 0) is 32.7 Å². The lowest BCUT2D eigenvalue weighted by molar-refractivity contribution is -0.154. The number of carbonyl (C=O) groups excluding carboxylic acids is 1. The van der Waals surface area contributed by atoms with E-state index in [0.29, 0.717) is 13.0 Å². The molecule has 0 aliphatic heterocycles. The molecule has 0 radical (unpaired) electrons. The van der Waals surface area contributed by atoms with E-state index in [0.717, 1.165) is 70.6 Å². The van der Waals surface area contributed by atoms with Crippen molar-refractivity contribution in [2.24, 2.45) is 5.73 Å². The van der Waals surface area contributed by atoms with Crippen LogP contribution in [0.2, 0.25) is 0 Å². The average molecular weight is 896 g/mol. The minimum atomic E-state index is -4.62. The number of unbranched alkanes of at least 4 members (excludes halogenated alkanes) is 26. The van der Waals surface area contributed by atoms with E-state index >= 15 is 0 Å². The molecule has 362 valence electrons. The van der Waals surface area contributed by atoms with Crippen molar-refractivity contribution < 1.29 is 42.7 Å². The number of carbonyl (C=O) groups is 2. The summed E-state index contributed by atoms with van der Waals surface area (Å²) in [5.74, 6) is -1.79. The average Bonchev–Trinajstić information content (AvgIpc) is 3.25. The quantitative estimate of drug-likeness (QED) is 0.0233. The topological polar surface area (TPSA) is 155 Å². The number of phosphoric acid groups is 1. The van der Waals surface area contributed by atoms with E-state index in [1.54, 1.807) is 0 Å². The van der Waals surface area contributed by atoms with E-state index < -0.39 is 45.1 Å². The SMILES string of the molecule is CCCCCCC/C=C\C/C=C\C/C=C\CCCCCCCCCCCOCC(COP(=O)(O)OCC(N)C(=O)O)OC(=O)CCCCCCC/C=C\CCCCCCCCC. The Labute approximate surface area is 379 Å². The molecule has 4 N–H and O–H groups in total. The Morgan fingerprint density at radius 1 is 0.516 bits per heavy atom. The Kier molecular flexibility index (Phi) is 45.3. The minimum absolute atomic E-state index is 0.00962. The number of nitrogens with two attached hydrogens (primary N) is 1. The van der Waals surface area contributed by atoms with Crippen LogP contribution < -0.4 is 5.73 Å². The highest BCUT2D eigenvalue weighted by atomic mass is 31.2. The maximum absolute atomic E-state index is 12.7. The Morgan fingerprint density at radius 2 is 0.887 bits per heavy atom. The van der Waals surface area contributed by atoms with Crippen LogP contribution in [0.4, 0.5) is 0 Å². The molecule has 10 nitrogen and oxygen atoms in total. The smallest absolute Gasteiger partial charge is 0.472 e. The Bertz CT molecular complexity index is 1170. The molecule has 0 amide bonds. The van der Waals surface area contributed by atoms with Crippen LogP contribution in [0.3, 0.4) is 0 Å². The molecule has 0 aromatic heterocycles. The van der Waals surface area contributed by atoms with E-state index in [1.807, 2.05) is 0 Å². The predicted octanol–water partition coefficient (Wildman–Crippen LogP) is 14.6. The number of hydrogen-bond acceptors (Lipinski definition) is 8. The number of ether oxygens (including phenoxy) is 2. The van der Waals surface area contributed by atoms with Gasteiger partial charge in [0.1, 0.15) is 12.1 Å². The lowest BCUT2D eigenvalue weighted by Gasteiger charge is -2.20. The number of carboxylic acids is 1. The molecule has 0 saturated carbocycles. The standard InChI is InChI=1S/C51H94NO9P/c1-3-5-7-9-11-13-15-17-19-21-22-23-24-25-26-27-28-30-32-34-36-38-40-42-44-58-45-48(46-59-62(56,57)60-47-49(52)51(54)55)61-50(53)43-41-39-37-35-33-31-29-20-18-16-14-12-10-8-6-4-2/h15,17,20-22,24-25,29,48-49H,3-14,16,18-19,23,26-28,30-47,52H2,1-2H3,(H,54,55)(H,56,57)/b17-15-,22-21-,25-24-,29-20-. The number of phosphoric ester groups is 1. The van der Waals surface area contributed by atoms with Gasteiger partial charge in [-0.05, 0) is 77.0 Å². The first kappa shape index (κ1) is 59.9. The van der Waals surface area contributed by atoms with Crippen LogP contribution in [0, 0.1) is 0 Å². The predicted molar refractivity (Wildman–Crippen MR) is 258 cm³/mol. The van der Waals surface area contributed by atoms with Crippen LogP contribution in [0.5, 0.6) is 0 Å². The van der Waals surface area contributed by atoms with Gasteiger partial charge in [-0.25, -0.2) is 4.57 Å². The molecule has 0 spiro atoms. The van der Waals surface area contributed by atoms with Crippen molar-refractivity contribution in [2.75, 3.05) is 26.4 Å². The fourth-order valence-corrected chi connectivity index (χ4v) is 7.68. The van der Waals surface area contributed by atoms with Gasteiger partial charge in [0.15, 0.2) is 0 Å². The van der Waals surface area contributed by atoms with Gasteiger partial charge in [0.05, 0.1) is 19.8 Å². The molecule has 0 heterocycles.